The highest BCUT2D eigenvalue weighted by Gasteiger charge is 2.28. The molecule has 12 heteroatoms. The third-order valence-electron chi connectivity index (χ3n) is 8.16. The number of fused-ring (bicyclic) bond motifs is 2. The summed E-state index contributed by atoms with van der Waals surface area (Å²) in [6.45, 7) is 0.843. The SMILES string of the molecule is O=C(O)NC1CCN(C(=O)c2n[nH]c3ccc(-c4cnc5c(c4)cc(-c4ccccc4)n5S(=O)(=O)c4ccccc4)cc23)CC1. The molecule has 0 spiro atoms. The topological polar surface area (TPSA) is 150 Å². The highest BCUT2D eigenvalue weighted by atomic mass is 32.2. The van der Waals surface area contributed by atoms with Gasteiger partial charge in [0.2, 0.25) is 0 Å². The predicted molar refractivity (Wildman–Crippen MR) is 169 cm³/mol. The number of H-pyrrole nitrogens is 1. The number of benzene rings is 3. The first kappa shape index (κ1) is 28.3. The van der Waals surface area contributed by atoms with Gasteiger partial charge < -0.3 is 15.3 Å². The summed E-state index contributed by atoms with van der Waals surface area (Å²) in [4.78, 5) is 30.9. The first-order valence-electron chi connectivity index (χ1n) is 14.4. The molecule has 2 amide bonds. The molecule has 1 aliphatic heterocycles. The van der Waals surface area contributed by atoms with Crippen LogP contribution in [0.5, 0.6) is 0 Å². The molecule has 1 aliphatic rings. The molecule has 3 aromatic heterocycles. The molecular weight excluding hydrogens is 592 g/mol. The van der Waals surface area contributed by atoms with Crippen molar-refractivity contribution in [2.75, 3.05) is 13.1 Å². The van der Waals surface area contributed by atoms with Crippen LogP contribution in [0.4, 0.5) is 4.79 Å². The standard InChI is InChI=1S/C33H28N6O5S/c40-32(38-15-13-25(14-16-38)35-33(41)42)30-27-18-22(11-12-28(27)36-37-30)24-17-23-19-29(21-7-3-1-4-8-21)39(31(23)34-20-24)45(43,44)26-9-5-2-6-10-26/h1-12,17-20,25,35H,13-16H2,(H,36,37)(H,41,42). The van der Waals surface area contributed by atoms with Gasteiger partial charge >= 0.3 is 6.09 Å². The van der Waals surface area contributed by atoms with Crippen LogP contribution in [0.3, 0.4) is 0 Å². The smallest absolute Gasteiger partial charge is 0.404 e. The maximum Gasteiger partial charge on any atom is 0.404 e. The third kappa shape index (κ3) is 5.18. The number of carbonyl (C=O) groups excluding carboxylic acids is 1. The van der Waals surface area contributed by atoms with Gasteiger partial charge in [0.15, 0.2) is 11.3 Å². The number of amides is 2. The number of hydrogen-bond acceptors (Lipinski definition) is 6. The van der Waals surface area contributed by atoms with Crippen LogP contribution in [0.2, 0.25) is 0 Å². The lowest BCUT2D eigenvalue weighted by molar-refractivity contribution is 0.0702. The highest BCUT2D eigenvalue weighted by molar-refractivity contribution is 7.90. The number of piperidine rings is 1. The summed E-state index contributed by atoms with van der Waals surface area (Å²) in [5.74, 6) is -0.226. The molecule has 11 nitrogen and oxygen atoms in total. The Morgan fingerprint density at radius 3 is 2.29 bits per heavy atom. The molecule has 0 saturated carbocycles. The maximum atomic E-state index is 13.9. The molecule has 0 radical (unpaired) electrons. The Morgan fingerprint density at radius 2 is 1.58 bits per heavy atom. The van der Waals surface area contributed by atoms with Crippen LogP contribution in [0.25, 0.3) is 44.3 Å². The van der Waals surface area contributed by atoms with Gasteiger partial charge in [0, 0.05) is 41.7 Å². The number of aromatic amines is 1. The van der Waals surface area contributed by atoms with E-state index in [1.165, 1.54) is 3.97 Å². The molecule has 0 unspecified atom stereocenters. The van der Waals surface area contributed by atoms with Crippen molar-refractivity contribution in [3.8, 4) is 22.4 Å². The minimum atomic E-state index is -3.97. The summed E-state index contributed by atoms with van der Waals surface area (Å²) in [5, 5.41) is 20.0. The fourth-order valence-electron chi connectivity index (χ4n) is 5.89. The summed E-state index contributed by atoms with van der Waals surface area (Å²) in [7, 11) is -3.97. The average molecular weight is 621 g/mol. The number of aromatic nitrogens is 4. The molecule has 3 aromatic carbocycles. The number of pyridine rings is 1. The first-order valence-corrected chi connectivity index (χ1v) is 15.9. The zero-order chi connectivity index (χ0) is 31.1. The van der Waals surface area contributed by atoms with Crippen molar-refractivity contribution in [1.29, 1.82) is 0 Å². The third-order valence-corrected chi connectivity index (χ3v) is 9.88. The molecule has 0 aliphatic carbocycles. The summed E-state index contributed by atoms with van der Waals surface area (Å²) in [5.41, 5.74) is 4.07. The minimum absolute atomic E-state index is 0.163. The fourth-order valence-corrected chi connectivity index (χ4v) is 7.40. The highest BCUT2D eigenvalue weighted by Crippen LogP contribution is 2.34. The summed E-state index contributed by atoms with van der Waals surface area (Å²) in [6, 6.07) is 26.8. The average Bonchev–Trinajstić information content (AvgIpc) is 3.67. The Balaban J connectivity index is 1.26. The van der Waals surface area contributed by atoms with Crippen LogP contribution in [0.15, 0.2) is 102 Å². The monoisotopic (exact) mass is 620 g/mol. The Morgan fingerprint density at radius 1 is 0.867 bits per heavy atom. The van der Waals surface area contributed by atoms with Gasteiger partial charge in [-0.15, -0.1) is 0 Å². The van der Waals surface area contributed by atoms with E-state index in [0.29, 0.717) is 53.6 Å². The molecule has 6 aromatic rings. The molecule has 7 rings (SSSR count). The molecular formula is C33H28N6O5S. The number of rotatable bonds is 6. The van der Waals surface area contributed by atoms with Gasteiger partial charge in [-0.25, -0.2) is 22.2 Å². The summed E-state index contributed by atoms with van der Waals surface area (Å²) < 4.78 is 29.1. The van der Waals surface area contributed by atoms with E-state index >= 15 is 0 Å². The number of nitrogens with zero attached hydrogens (tertiary/aromatic N) is 4. The van der Waals surface area contributed by atoms with Crippen molar-refractivity contribution < 1.29 is 23.1 Å². The Bertz CT molecular complexity index is 2170. The Hall–Kier alpha value is -5.49. The maximum absolute atomic E-state index is 13.9. The largest absolute Gasteiger partial charge is 0.465 e. The number of hydrogen-bond donors (Lipinski definition) is 3. The predicted octanol–water partition coefficient (Wildman–Crippen LogP) is 5.36. The van der Waals surface area contributed by atoms with Crippen molar-refractivity contribution in [3.05, 3.63) is 103 Å². The summed E-state index contributed by atoms with van der Waals surface area (Å²) >= 11 is 0. The van der Waals surface area contributed by atoms with Crippen LogP contribution in [-0.2, 0) is 10.0 Å². The molecule has 4 heterocycles. The van der Waals surface area contributed by atoms with Crippen LogP contribution in [0.1, 0.15) is 23.3 Å². The molecule has 1 saturated heterocycles. The van der Waals surface area contributed by atoms with Gasteiger partial charge in [0.1, 0.15) is 0 Å². The summed E-state index contributed by atoms with van der Waals surface area (Å²) in [6.07, 6.45) is 1.63. The first-order chi connectivity index (χ1) is 21.8. The van der Waals surface area contributed by atoms with Gasteiger partial charge in [-0.2, -0.15) is 5.10 Å². The van der Waals surface area contributed by atoms with Crippen LogP contribution >= 0.6 is 0 Å². The van der Waals surface area contributed by atoms with Gasteiger partial charge in [-0.1, -0.05) is 54.6 Å². The zero-order valence-electron chi connectivity index (χ0n) is 23.9. The van der Waals surface area contributed by atoms with E-state index in [1.807, 2.05) is 60.7 Å². The molecule has 0 bridgehead atoms. The number of carboxylic acid groups (broad SMARTS) is 1. The second kappa shape index (κ2) is 11.2. The zero-order valence-corrected chi connectivity index (χ0v) is 24.7. The van der Waals surface area contributed by atoms with Crippen molar-refractivity contribution in [2.24, 2.45) is 0 Å². The van der Waals surface area contributed by atoms with E-state index in [1.54, 1.807) is 41.4 Å². The second-order valence-corrected chi connectivity index (χ2v) is 12.8. The number of carbonyl (C=O) groups is 2. The van der Waals surface area contributed by atoms with Gasteiger partial charge in [-0.3, -0.25) is 9.89 Å². The van der Waals surface area contributed by atoms with Gasteiger partial charge in [-0.05, 0) is 60.4 Å². The van der Waals surface area contributed by atoms with Crippen molar-refractivity contribution >= 4 is 44.0 Å². The quantitative estimate of drug-likeness (QED) is 0.227. The molecule has 226 valence electrons. The fraction of sp³-hybridized carbons (Fsp3) is 0.152. The van der Waals surface area contributed by atoms with Gasteiger partial charge in [0.25, 0.3) is 15.9 Å². The normalized spacial score (nSPS) is 14.2. The van der Waals surface area contributed by atoms with E-state index in [2.05, 4.69) is 20.5 Å². The lowest BCUT2D eigenvalue weighted by atomic mass is 10.0. The Labute approximate surface area is 258 Å². The van der Waals surface area contributed by atoms with E-state index < -0.39 is 16.1 Å². The lowest BCUT2D eigenvalue weighted by Crippen LogP contribution is -2.46. The molecule has 0 atom stereocenters. The van der Waals surface area contributed by atoms with E-state index in [0.717, 1.165) is 16.7 Å². The second-order valence-electron chi connectivity index (χ2n) is 11.0. The number of nitrogens with one attached hydrogen (secondary N) is 2. The Kier molecular flexibility index (Phi) is 7.05. The van der Waals surface area contributed by atoms with E-state index in [9.17, 15) is 18.0 Å². The number of likely N-dealkylation sites (tertiary alicyclic amines) is 1. The van der Waals surface area contributed by atoms with Crippen molar-refractivity contribution in [1.82, 2.24) is 29.4 Å². The van der Waals surface area contributed by atoms with Crippen LogP contribution in [-0.4, -0.2) is 68.7 Å². The van der Waals surface area contributed by atoms with E-state index in [-0.39, 0.29) is 22.5 Å². The molecule has 45 heavy (non-hydrogen) atoms. The lowest BCUT2D eigenvalue weighted by Gasteiger charge is -2.31. The van der Waals surface area contributed by atoms with Gasteiger partial charge in [0.05, 0.1) is 16.1 Å². The molecule has 3 N–H and O–H groups in total. The minimum Gasteiger partial charge on any atom is -0.465 e. The van der Waals surface area contributed by atoms with Crippen molar-refractivity contribution in [3.63, 3.8) is 0 Å². The van der Waals surface area contributed by atoms with Crippen molar-refractivity contribution in [2.45, 2.75) is 23.8 Å². The van der Waals surface area contributed by atoms with E-state index in [4.69, 9.17) is 5.11 Å². The molecule has 1 fully saturated rings. The van der Waals surface area contributed by atoms with Crippen LogP contribution in [0, 0.1) is 0 Å². The van der Waals surface area contributed by atoms with Crippen LogP contribution < -0.4 is 5.32 Å².